The smallest absolute Gasteiger partial charge is 0.412 e. The van der Waals surface area contributed by atoms with Crippen molar-refractivity contribution >= 4 is 6.09 Å². The van der Waals surface area contributed by atoms with E-state index in [-0.39, 0.29) is 0 Å². The molecule has 1 amide bonds. The van der Waals surface area contributed by atoms with E-state index in [2.05, 4.69) is 9.97 Å². The minimum atomic E-state index is -1.30. The van der Waals surface area contributed by atoms with Crippen LogP contribution in [0.1, 0.15) is 26.5 Å². The number of nitrogens with one attached hydrogen (secondary N) is 1. The summed E-state index contributed by atoms with van der Waals surface area (Å²) in [5.74, 6) is 0. The van der Waals surface area contributed by atoms with Crippen molar-refractivity contribution in [3.8, 4) is 0 Å². The first-order valence-electron chi connectivity index (χ1n) is 5.55. The summed E-state index contributed by atoms with van der Waals surface area (Å²) in [6, 6.07) is 0. The minimum Gasteiger partial charge on any atom is -0.438 e. The highest BCUT2D eigenvalue weighted by Crippen LogP contribution is 2.36. The van der Waals surface area contributed by atoms with Gasteiger partial charge in [-0.25, -0.2) is 9.78 Å². The number of carbonyl (C=O) groups is 1. The van der Waals surface area contributed by atoms with Gasteiger partial charge in [0.25, 0.3) is 0 Å². The third-order valence-electron chi connectivity index (χ3n) is 3.39. The predicted octanol–water partition coefficient (Wildman–Crippen LogP) is 0.891. The summed E-state index contributed by atoms with van der Waals surface area (Å²) in [5.41, 5.74) is -1.29. The van der Waals surface area contributed by atoms with E-state index < -0.39 is 17.4 Å². The number of ether oxygens (including phenoxy) is 1. The number of hydrogen-bond acceptors (Lipinski definition) is 4. The average molecular weight is 239 g/mol. The van der Waals surface area contributed by atoms with Gasteiger partial charge >= 0.3 is 6.09 Å². The second-order valence-electron chi connectivity index (χ2n) is 4.88. The Kier molecular flexibility index (Phi) is 2.61. The summed E-state index contributed by atoms with van der Waals surface area (Å²) < 4.78 is 5.16. The van der Waals surface area contributed by atoms with Crippen molar-refractivity contribution < 1.29 is 14.6 Å². The van der Waals surface area contributed by atoms with Crippen molar-refractivity contribution in [1.82, 2.24) is 14.9 Å². The third-order valence-corrected chi connectivity index (χ3v) is 3.39. The molecule has 94 valence electrons. The number of H-pyrrole nitrogens is 1. The summed E-state index contributed by atoms with van der Waals surface area (Å²) >= 11 is 0. The maximum Gasteiger partial charge on any atom is 0.412 e. The Balaban J connectivity index is 2.08. The maximum absolute atomic E-state index is 11.7. The molecule has 1 atom stereocenters. The van der Waals surface area contributed by atoms with E-state index in [0.717, 1.165) is 5.69 Å². The molecular weight excluding hydrogens is 222 g/mol. The van der Waals surface area contributed by atoms with E-state index in [4.69, 9.17) is 4.74 Å². The average Bonchev–Trinajstić information content (AvgIpc) is 2.73. The van der Waals surface area contributed by atoms with Crippen LogP contribution in [0, 0.1) is 0 Å². The fourth-order valence-corrected chi connectivity index (χ4v) is 1.84. The lowest BCUT2D eigenvalue weighted by molar-refractivity contribution is -0.126. The number of imidazole rings is 1. The molecule has 6 nitrogen and oxygen atoms in total. The Morgan fingerprint density at radius 3 is 2.71 bits per heavy atom. The fraction of sp³-hybridized carbons (Fsp3) is 0.636. The van der Waals surface area contributed by atoms with Gasteiger partial charge in [-0.15, -0.1) is 0 Å². The SMILES string of the molecule is CC1(C)OC(=O)N(CCc2cnc[nH]2)[C@]1(C)O. The topological polar surface area (TPSA) is 78.5 Å². The Bertz CT molecular complexity index is 412. The maximum atomic E-state index is 11.7. The molecule has 0 radical (unpaired) electrons. The molecule has 1 aromatic heterocycles. The number of amides is 1. The Hall–Kier alpha value is -1.56. The van der Waals surface area contributed by atoms with Gasteiger partial charge in [0.1, 0.15) is 0 Å². The molecule has 1 aromatic rings. The number of hydrogen-bond donors (Lipinski definition) is 2. The van der Waals surface area contributed by atoms with Crippen LogP contribution in [-0.2, 0) is 11.2 Å². The number of aromatic amines is 1. The van der Waals surface area contributed by atoms with Gasteiger partial charge in [-0.3, -0.25) is 4.90 Å². The molecule has 0 unspecified atom stereocenters. The third kappa shape index (κ3) is 1.88. The zero-order valence-electron chi connectivity index (χ0n) is 10.2. The standard InChI is InChI=1S/C11H17N3O3/c1-10(2)11(3,16)14(9(15)17-10)5-4-8-6-12-7-13-8/h6-7,16H,4-5H2,1-3H3,(H,12,13)/t11-/m1/s1. The highest BCUT2D eigenvalue weighted by atomic mass is 16.6. The Morgan fingerprint density at radius 1 is 1.53 bits per heavy atom. The number of carbonyl (C=O) groups excluding carboxylic acids is 1. The number of nitrogens with zero attached hydrogens (tertiary/aromatic N) is 2. The largest absolute Gasteiger partial charge is 0.438 e. The Morgan fingerprint density at radius 2 is 2.24 bits per heavy atom. The normalized spacial score (nSPS) is 27.3. The van der Waals surface area contributed by atoms with Crippen LogP contribution >= 0.6 is 0 Å². The van der Waals surface area contributed by atoms with Gasteiger partial charge in [-0.2, -0.15) is 0 Å². The van der Waals surface area contributed by atoms with Crippen LogP contribution in [0.2, 0.25) is 0 Å². The van der Waals surface area contributed by atoms with E-state index in [9.17, 15) is 9.90 Å². The van der Waals surface area contributed by atoms with Crippen LogP contribution in [0.5, 0.6) is 0 Å². The zero-order valence-corrected chi connectivity index (χ0v) is 10.2. The molecule has 0 bridgehead atoms. The minimum absolute atomic E-state index is 0.386. The van der Waals surface area contributed by atoms with Crippen LogP contribution in [-0.4, -0.2) is 43.9 Å². The lowest BCUT2D eigenvalue weighted by Gasteiger charge is -2.34. The highest BCUT2D eigenvalue weighted by Gasteiger charge is 2.56. The van der Waals surface area contributed by atoms with Crippen molar-refractivity contribution in [3.63, 3.8) is 0 Å². The molecule has 2 N–H and O–H groups in total. The first kappa shape index (κ1) is 11.9. The van der Waals surface area contributed by atoms with Crippen LogP contribution in [0.25, 0.3) is 0 Å². The number of rotatable bonds is 3. The fourth-order valence-electron chi connectivity index (χ4n) is 1.84. The quantitative estimate of drug-likeness (QED) is 0.821. The molecule has 17 heavy (non-hydrogen) atoms. The van der Waals surface area contributed by atoms with Crippen LogP contribution in [0.15, 0.2) is 12.5 Å². The molecule has 1 aliphatic rings. The van der Waals surface area contributed by atoms with Crippen LogP contribution in [0.3, 0.4) is 0 Å². The molecule has 0 aromatic carbocycles. The first-order valence-corrected chi connectivity index (χ1v) is 5.55. The lowest BCUT2D eigenvalue weighted by Crippen LogP contribution is -2.54. The van der Waals surface area contributed by atoms with E-state index >= 15 is 0 Å². The van der Waals surface area contributed by atoms with Crippen LogP contribution < -0.4 is 0 Å². The van der Waals surface area contributed by atoms with Crippen molar-refractivity contribution in [2.45, 2.75) is 38.5 Å². The molecule has 6 heteroatoms. The zero-order chi connectivity index (χ0) is 12.7. The van der Waals surface area contributed by atoms with Gasteiger partial charge in [-0.05, 0) is 20.8 Å². The summed E-state index contributed by atoms with van der Waals surface area (Å²) in [7, 11) is 0. The summed E-state index contributed by atoms with van der Waals surface area (Å²) in [4.78, 5) is 19.9. The number of aliphatic hydroxyl groups is 1. The Labute approximate surface area is 99.6 Å². The van der Waals surface area contributed by atoms with Crippen molar-refractivity contribution in [1.29, 1.82) is 0 Å². The lowest BCUT2D eigenvalue weighted by atomic mass is 9.96. The van der Waals surface area contributed by atoms with E-state index in [1.54, 1.807) is 33.3 Å². The van der Waals surface area contributed by atoms with Crippen molar-refractivity contribution in [2.24, 2.45) is 0 Å². The number of cyclic esters (lactones) is 1. The monoisotopic (exact) mass is 239 g/mol. The van der Waals surface area contributed by atoms with Gasteiger partial charge < -0.3 is 14.8 Å². The molecular formula is C11H17N3O3. The van der Waals surface area contributed by atoms with Crippen LogP contribution in [0.4, 0.5) is 4.79 Å². The second-order valence-corrected chi connectivity index (χ2v) is 4.88. The summed E-state index contributed by atoms with van der Waals surface area (Å²) in [6.45, 7) is 5.37. The predicted molar refractivity (Wildman–Crippen MR) is 60.2 cm³/mol. The summed E-state index contributed by atoms with van der Waals surface area (Å²) in [6.07, 6.45) is 3.39. The second kappa shape index (κ2) is 3.73. The van der Waals surface area contributed by atoms with Gasteiger partial charge in [0.15, 0.2) is 11.3 Å². The van der Waals surface area contributed by atoms with Crippen molar-refractivity contribution in [2.75, 3.05) is 6.54 Å². The van der Waals surface area contributed by atoms with Gasteiger partial charge in [0.2, 0.25) is 0 Å². The highest BCUT2D eigenvalue weighted by molar-refractivity contribution is 5.72. The summed E-state index contributed by atoms with van der Waals surface area (Å²) in [5, 5.41) is 10.3. The molecule has 1 aliphatic heterocycles. The van der Waals surface area contributed by atoms with E-state index in [0.29, 0.717) is 13.0 Å². The molecule has 1 saturated heterocycles. The van der Waals surface area contributed by atoms with Gasteiger partial charge in [0.05, 0.1) is 6.33 Å². The van der Waals surface area contributed by atoms with Gasteiger partial charge in [0, 0.05) is 24.9 Å². The van der Waals surface area contributed by atoms with Crippen molar-refractivity contribution in [3.05, 3.63) is 18.2 Å². The molecule has 1 fully saturated rings. The molecule has 0 spiro atoms. The molecule has 2 rings (SSSR count). The molecule has 0 aliphatic carbocycles. The van der Waals surface area contributed by atoms with E-state index in [1.165, 1.54) is 4.90 Å². The first-order chi connectivity index (χ1) is 7.84. The number of aromatic nitrogens is 2. The molecule has 0 saturated carbocycles. The van der Waals surface area contributed by atoms with E-state index in [1.807, 2.05) is 0 Å². The van der Waals surface area contributed by atoms with Gasteiger partial charge in [-0.1, -0.05) is 0 Å². The molecule has 2 heterocycles.